The second-order valence-corrected chi connectivity index (χ2v) is 5.38. The molecule has 1 aromatic carbocycles. The van der Waals surface area contributed by atoms with Crippen molar-refractivity contribution in [2.45, 2.75) is 45.1 Å². The molecule has 0 spiro atoms. The summed E-state index contributed by atoms with van der Waals surface area (Å²) >= 11 is 0. The van der Waals surface area contributed by atoms with E-state index in [1.807, 2.05) is 0 Å². The van der Waals surface area contributed by atoms with Gasteiger partial charge in [-0.05, 0) is 49.9 Å². The molecule has 2 rings (SSSR count). The third kappa shape index (κ3) is 2.22. The van der Waals surface area contributed by atoms with Crippen molar-refractivity contribution in [3.05, 3.63) is 29.3 Å². The molecule has 0 saturated heterocycles. The summed E-state index contributed by atoms with van der Waals surface area (Å²) in [6.45, 7) is 7.25. The van der Waals surface area contributed by atoms with Crippen LogP contribution in [0.5, 0.6) is 5.75 Å². The van der Waals surface area contributed by atoms with Gasteiger partial charge in [0, 0.05) is 6.42 Å². The van der Waals surface area contributed by atoms with Gasteiger partial charge in [-0.25, -0.2) is 0 Å². The van der Waals surface area contributed by atoms with E-state index in [0.29, 0.717) is 5.92 Å². The molecule has 1 aromatic rings. The second kappa shape index (κ2) is 4.10. The quantitative estimate of drug-likeness (QED) is 0.848. The Morgan fingerprint density at radius 2 is 2.19 bits per heavy atom. The summed E-state index contributed by atoms with van der Waals surface area (Å²) in [4.78, 5) is 0. The van der Waals surface area contributed by atoms with Gasteiger partial charge in [-0.2, -0.15) is 0 Å². The van der Waals surface area contributed by atoms with E-state index < -0.39 is 0 Å². The molecule has 1 aliphatic rings. The van der Waals surface area contributed by atoms with Crippen molar-refractivity contribution in [1.82, 2.24) is 0 Å². The summed E-state index contributed by atoms with van der Waals surface area (Å²) in [5.74, 6) is 1.59. The molecule has 0 aliphatic carbocycles. The summed E-state index contributed by atoms with van der Waals surface area (Å²) in [6, 6.07) is 6.55. The van der Waals surface area contributed by atoms with Gasteiger partial charge in [-0.15, -0.1) is 0 Å². The van der Waals surface area contributed by atoms with Crippen molar-refractivity contribution >= 4 is 0 Å². The highest BCUT2D eigenvalue weighted by molar-refractivity contribution is 5.42. The summed E-state index contributed by atoms with van der Waals surface area (Å²) in [7, 11) is 0. The molecule has 88 valence electrons. The number of hydrogen-bond acceptors (Lipinski definition) is 2. The Labute approximate surface area is 97.8 Å². The van der Waals surface area contributed by atoms with Crippen LogP contribution in [0.4, 0.5) is 0 Å². The number of benzene rings is 1. The lowest BCUT2D eigenvalue weighted by molar-refractivity contribution is 0.138. The molecular weight excluding hydrogens is 198 g/mol. The second-order valence-electron chi connectivity index (χ2n) is 5.38. The molecule has 0 fully saturated rings. The summed E-state index contributed by atoms with van der Waals surface area (Å²) < 4.78 is 5.86. The van der Waals surface area contributed by atoms with Crippen molar-refractivity contribution < 1.29 is 4.74 Å². The van der Waals surface area contributed by atoms with E-state index in [4.69, 9.17) is 10.5 Å². The van der Waals surface area contributed by atoms with E-state index in [9.17, 15) is 0 Å². The zero-order chi connectivity index (χ0) is 11.8. The summed E-state index contributed by atoms with van der Waals surface area (Å²) in [5, 5.41) is 0. The first-order chi connectivity index (χ1) is 7.52. The van der Waals surface area contributed by atoms with E-state index in [1.54, 1.807) is 0 Å². The first-order valence-corrected chi connectivity index (χ1v) is 6.04. The Morgan fingerprint density at radius 1 is 1.44 bits per heavy atom. The van der Waals surface area contributed by atoms with Gasteiger partial charge in [-0.3, -0.25) is 0 Å². The van der Waals surface area contributed by atoms with Crippen LogP contribution in [0.25, 0.3) is 0 Å². The van der Waals surface area contributed by atoms with Crippen LogP contribution in [0.1, 0.15) is 44.2 Å². The molecule has 0 saturated carbocycles. The van der Waals surface area contributed by atoms with Crippen molar-refractivity contribution in [2.24, 2.45) is 5.73 Å². The molecule has 2 N–H and O–H groups in total. The number of hydrogen-bond donors (Lipinski definition) is 1. The van der Waals surface area contributed by atoms with Crippen LogP contribution < -0.4 is 10.5 Å². The number of rotatable bonds is 3. The minimum atomic E-state index is -0.0436. The lowest BCUT2D eigenvalue weighted by atomic mass is 9.94. The molecule has 0 radical (unpaired) electrons. The number of fused-ring (bicyclic) bond motifs is 1. The van der Waals surface area contributed by atoms with Crippen molar-refractivity contribution in [1.29, 1.82) is 0 Å². The zero-order valence-electron chi connectivity index (χ0n) is 10.4. The molecule has 1 unspecified atom stereocenters. The average Bonchev–Trinajstić information content (AvgIpc) is 2.50. The fourth-order valence-corrected chi connectivity index (χ4v) is 2.35. The SMILES string of the molecule is CC(CCN)c1ccc2c(c1)CC(C)(C)O2. The standard InChI is InChI=1S/C14H21NO/c1-10(6-7-15)11-4-5-13-12(8-11)9-14(2,3)16-13/h4-5,8,10H,6-7,9,15H2,1-3H3. The van der Waals surface area contributed by atoms with Gasteiger partial charge < -0.3 is 10.5 Å². The third-order valence-corrected chi connectivity index (χ3v) is 3.26. The van der Waals surface area contributed by atoms with E-state index in [1.165, 1.54) is 11.1 Å². The molecule has 2 nitrogen and oxygen atoms in total. The number of ether oxygens (including phenoxy) is 1. The van der Waals surface area contributed by atoms with Crippen LogP contribution in [0, 0.1) is 0 Å². The van der Waals surface area contributed by atoms with Gasteiger partial charge in [0.05, 0.1) is 0 Å². The lowest BCUT2D eigenvalue weighted by Gasteiger charge is -2.16. The molecule has 1 aliphatic heterocycles. The van der Waals surface area contributed by atoms with Crippen molar-refractivity contribution in [3.8, 4) is 5.75 Å². The maximum Gasteiger partial charge on any atom is 0.123 e. The average molecular weight is 219 g/mol. The topological polar surface area (TPSA) is 35.2 Å². The van der Waals surface area contributed by atoms with Gasteiger partial charge >= 0.3 is 0 Å². The maximum absolute atomic E-state index is 5.86. The Hall–Kier alpha value is -1.02. The first-order valence-electron chi connectivity index (χ1n) is 6.04. The van der Waals surface area contributed by atoms with Crippen LogP contribution in [0.3, 0.4) is 0 Å². The van der Waals surface area contributed by atoms with Gasteiger partial charge in [0.2, 0.25) is 0 Å². The smallest absolute Gasteiger partial charge is 0.123 e. The molecule has 16 heavy (non-hydrogen) atoms. The maximum atomic E-state index is 5.86. The van der Waals surface area contributed by atoms with E-state index in [2.05, 4.69) is 39.0 Å². The molecule has 1 atom stereocenters. The molecular formula is C14H21NO. The molecule has 0 bridgehead atoms. The third-order valence-electron chi connectivity index (χ3n) is 3.26. The minimum absolute atomic E-state index is 0.0436. The Balaban J connectivity index is 2.22. The summed E-state index contributed by atoms with van der Waals surface area (Å²) in [6.07, 6.45) is 2.05. The first kappa shape index (κ1) is 11.5. The predicted molar refractivity (Wildman–Crippen MR) is 66.9 cm³/mol. The molecule has 0 amide bonds. The largest absolute Gasteiger partial charge is 0.487 e. The predicted octanol–water partition coefficient (Wildman–Crippen LogP) is 2.85. The normalized spacial score (nSPS) is 19.0. The van der Waals surface area contributed by atoms with Gasteiger partial charge in [0.15, 0.2) is 0 Å². The highest BCUT2D eigenvalue weighted by atomic mass is 16.5. The highest BCUT2D eigenvalue weighted by Crippen LogP contribution is 2.36. The number of nitrogens with two attached hydrogens (primary N) is 1. The Bertz CT molecular complexity index is 384. The highest BCUT2D eigenvalue weighted by Gasteiger charge is 2.30. The van der Waals surface area contributed by atoms with Crippen LogP contribution in [0.2, 0.25) is 0 Å². The fraction of sp³-hybridized carbons (Fsp3) is 0.571. The molecule has 2 heteroatoms. The van der Waals surface area contributed by atoms with Crippen molar-refractivity contribution in [3.63, 3.8) is 0 Å². The fourth-order valence-electron chi connectivity index (χ4n) is 2.35. The van der Waals surface area contributed by atoms with Crippen LogP contribution in [0.15, 0.2) is 18.2 Å². The van der Waals surface area contributed by atoms with Crippen LogP contribution in [-0.4, -0.2) is 12.1 Å². The van der Waals surface area contributed by atoms with Gasteiger partial charge in [0.1, 0.15) is 11.4 Å². The van der Waals surface area contributed by atoms with Gasteiger partial charge in [-0.1, -0.05) is 19.1 Å². The Morgan fingerprint density at radius 3 is 2.88 bits per heavy atom. The molecule has 0 aromatic heterocycles. The van der Waals surface area contributed by atoms with Crippen molar-refractivity contribution in [2.75, 3.05) is 6.54 Å². The molecule has 1 heterocycles. The monoisotopic (exact) mass is 219 g/mol. The van der Waals surface area contributed by atoms with E-state index in [0.717, 1.165) is 25.1 Å². The lowest BCUT2D eigenvalue weighted by Crippen LogP contribution is -2.24. The van der Waals surface area contributed by atoms with Gasteiger partial charge in [0.25, 0.3) is 0 Å². The minimum Gasteiger partial charge on any atom is -0.487 e. The Kier molecular flexibility index (Phi) is 2.94. The summed E-state index contributed by atoms with van der Waals surface area (Å²) in [5.41, 5.74) is 8.27. The van der Waals surface area contributed by atoms with Crippen LogP contribution in [-0.2, 0) is 6.42 Å². The van der Waals surface area contributed by atoms with E-state index in [-0.39, 0.29) is 5.60 Å². The zero-order valence-corrected chi connectivity index (χ0v) is 10.4. The van der Waals surface area contributed by atoms with E-state index >= 15 is 0 Å². The van der Waals surface area contributed by atoms with Crippen LogP contribution >= 0.6 is 0 Å².